The minimum Gasteiger partial charge on any atom is -0.481 e. The largest absolute Gasteiger partial charge is 0.481 e. The molecular formula is C11H16N2O4S. The lowest BCUT2D eigenvalue weighted by molar-refractivity contribution is -0.147. The lowest BCUT2D eigenvalue weighted by atomic mass is 9.90. The first-order valence-corrected chi connectivity index (χ1v) is 6.91. The zero-order chi connectivity index (χ0) is 13.3. The van der Waals surface area contributed by atoms with Crippen LogP contribution in [0.1, 0.15) is 13.3 Å². The van der Waals surface area contributed by atoms with Crippen LogP contribution in [0.2, 0.25) is 0 Å². The van der Waals surface area contributed by atoms with Gasteiger partial charge in [0.15, 0.2) is 0 Å². The zero-order valence-corrected chi connectivity index (χ0v) is 10.9. The van der Waals surface area contributed by atoms with E-state index in [0.29, 0.717) is 18.7 Å². The summed E-state index contributed by atoms with van der Waals surface area (Å²) in [6, 6.07) is -0.498. The van der Waals surface area contributed by atoms with Crippen LogP contribution in [0.3, 0.4) is 0 Å². The molecule has 100 valence electrons. The van der Waals surface area contributed by atoms with Gasteiger partial charge < -0.3 is 15.3 Å². The number of piperidine rings is 1. The molecule has 2 amide bonds. The highest BCUT2D eigenvalue weighted by molar-refractivity contribution is 8.14. The summed E-state index contributed by atoms with van der Waals surface area (Å²) in [4.78, 5) is 35.8. The number of rotatable bonds is 2. The molecule has 3 atom stereocenters. The SMILES string of the molecule is CC1CC(C(=O)O)CN(C(=O)[C@@H]2CSC(=O)N2)C1. The summed E-state index contributed by atoms with van der Waals surface area (Å²) in [7, 11) is 0. The molecule has 0 aliphatic carbocycles. The maximum absolute atomic E-state index is 12.2. The van der Waals surface area contributed by atoms with Crippen molar-refractivity contribution in [2.24, 2.45) is 11.8 Å². The van der Waals surface area contributed by atoms with Gasteiger partial charge >= 0.3 is 5.97 Å². The number of carboxylic acids is 1. The highest BCUT2D eigenvalue weighted by Crippen LogP contribution is 2.24. The minimum atomic E-state index is -0.857. The Balaban J connectivity index is 2.01. The Morgan fingerprint density at radius 2 is 2.17 bits per heavy atom. The van der Waals surface area contributed by atoms with Gasteiger partial charge in [-0.05, 0) is 12.3 Å². The van der Waals surface area contributed by atoms with Crippen LogP contribution in [0.15, 0.2) is 0 Å². The van der Waals surface area contributed by atoms with Crippen molar-refractivity contribution in [1.82, 2.24) is 10.2 Å². The van der Waals surface area contributed by atoms with Crippen molar-refractivity contribution in [3.63, 3.8) is 0 Å². The number of carbonyl (C=O) groups excluding carboxylic acids is 2. The molecule has 0 aromatic heterocycles. The average molecular weight is 272 g/mol. The summed E-state index contributed by atoms with van der Waals surface area (Å²) in [5, 5.41) is 11.5. The van der Waals surface area contributed by atoms with Gasteiger partial charge in [0.25, 0.3) is 5.24 Å². The second kappa shape index (κ2) is 5.17. The van der Waals surface area contributed by atoms with Crippen LogP contribution in [-0.4, -0.2) is 52.0 Å². The highest BCUT2D eigenvalue weighted by atomic mass is 32.2. The van der Waals surface area contributed by atoms with E-state index in [4.69, 9.17) is 5.11 Å². The molecular weight excluding hydrogens is 256 g/mol. The van der Waals surface area contributed by atoms with Crippen molar-refractivity contribution in [3.05, 3.63) is 0 Å². The topological polar surface area (TPSA) is 86.7 Å². The third-order valence-electron chi connectivity index (χ3n) is 3.29. The van der Waals surface area contributed by atoms with E-state index in [1.54, 1.807) is 4.90 Å². The van der Waals surface area contributed by atoms with Gasteiger partial charge in [0.2, 0.25) is 5.91 Å². The lowest BCUT2D eigenvalue weighted by Gasteiger charge is -2.35. The predicted molar refractivity (Wildman–Crippen MR) is 66.3 cm³/mol. The number of nitrogens with one attached hydrogen (secondary N) is 1. The van der Waals surface area contributed by atoms with Crippen molar-refractivity contribution in [3.8, 4) is 0 Å². The first kappa shape index (κ1) is 13.2. The zero-order valence-electron chi connectivity index (χ0n) is 10.1. The minimum absolute atomic E-state index is 0.161. The van der Waals surface area contributed by atoms with E-state index in [-0.39, 0.29) is 23.6 Å². The number of aliphatic carboxylic acids is 1. The molecule has 2 fully saturated rings. The van der Waals surface area contributed by atoms with Gasteiger partial charge in [-0.3, -0.25) is 14.4 Å². The summed E-state index contributed by atoms with van der Waals surface area (Å²) < 4.78 is 0. The second-order valence-corrected chi connectivity index (χ2v) is 5.91. The molecule has 2 aliphatic heterocycles. The summed E-state index contributed by atoms with van der Waals surface area (Å²) in [5.74, 6) is -0.911. The fraction of sp³-hybridized carbons (Fsp3) is 0.727. The van der Waals surface area contributed by atoms with Crippen molar-refractivity contribution >= 4 is 28.9 Å². The molecule has 2 heterocycles. The van der Waals surface area contributed by atoms with Gasteiger partial charge in [-0.2, -0.15) is 0 Å². The van der Waals surface area contributed by atoms with Crippen molar-refractivity contribution in [1.29, 1.82) is 0 Å². The molecule has 2 N–H and O–H groups in total. The first-order valence-electron chi connectivity index (χ1n) is 5.92. The smallest absolute Gasteiger partial charge is 0.308 e. The fourth-order valence-electron chi connectivity index (χ4n) is 2.45. The third-order valence-corrected chi connectivity index (χ3v) is 4.17. The van der Waals surface area contributed by atoms with Gasteiger partial charge in [-0.15, -0.1) is 0 Å². The van der Waals surface area contributed by atoms with E-state index in [1.807, 2.05) is 6.92 Å². The Labute approximate surface area is 109 Å². The van der Waals surface area contributed by atoms with Gasteiger partial charge in [-0.25, -0.2) is 0 Å². The Kier molecular flexibility index (Phi) is 3.79. The van der Waals surface area contributed by atoms with Crippen molar-refractivity contribution in [2.75, 3.05) is 18.8 Å². The van der Waals surface area contributed by atoms with Crippen LogP contribution in [0.5, 0.6) is 0 Å². The monoisotopic (exact) mass is 272 g/mol. The molecule has 2 rings (SSSR count). The molecule has 2 unspecified atom stereocenters. The normalized spacial score (nSPS) is 32.2. The number of likely N-dealkylation sites (tertiary alicyclic amines) is 1. The van der Waals surface area contributed by atoms with E-state index in [0.717, 1.165) is 11.8 Å². The van der Waals surface area contributed by atoms with Gasteiger partial charge in [0.05, 0.1) is 5.92 Å². The number of hydrogen-bond donors (Lipinski definition) is 2. The molecule has 0 aromatic rings. The van der Waals surface area contributed by atoms with Crippen LogP contribution < -0.4 is 5.32 Å². The number of hydrogen-bond acceptors (Lipinski definition) is 4. The molecule has 6 nitrogen and oxygen atoms in total. The van der Waals surface area contributed by atoms with E-state index < -0.39 is 17.9 Å². The van der Waals surface area contributed by atoms with E-state index in [1.165, 1.54) is 0 Å². The Bertz CT molecular complexity index is 387. The quantitative estimate of drug-likeness (QED) is 0.759. The molecule has 0 spiro atoms. The maximum atomic E-state index is 12.2. The number of thioether (sulfide) groups is 1. The van der Waals surface area contributed by atoms with E-state index in [2.05, 4.69) is 5.32 Å². The van der Waals surface area contributed by atoms with Crippen LogP contribution >= 0.6 is 11.8 Å². The van der Waals surface area contributed by atoms with Gasteiger partial charge in [0.1, 0.15) is 6.04 Å². The number of nitrogens with zero attached hydrogens (tertiary/aromatic N) is 1. The number of amides is 2. The van der Waals surface area contributed by atoms with Crippen LogP contribution in [0.25, 0.3) is 0 Å². The van der Waals surface area contributed by atoms with Crippen molar-refractivity contribution in [2.45, 2.75) is 19.4 Å². The lowest BCUT2D eigenvalue weighted by Crippen LogP contribution is -2.52. The summed E-state index contributed by atoms with van der Waals surface area (Å²) in [6.07, 6.45) is 0.602. The molecule has 0 bridgehead atoms. The molecule has 0 saturated carbocycles. The third kappa shape index (κ3) is 2.77. The Morgan fingerprint density at radius 1 is 1.44 bits per heavy atom. The Morgan fingerprint density at radius 3 is 2.72 bits per heavy atom. The van der Waals surface area contributed by atoms with Crippen LogP contribution in [0.4, 0.5) is 4.79 Å². The standard InChI is InChI=1S/C11H16N2O4S/c1-6-2-7(10(15)16)4-13(3-6)9(14)8-5-18-11(17)12-8/h6-8H,2-5H2,1H3,(H,12,17)(H,15,16)/t6?,7?,8-/m0/s1. The fourth-order valence-corrected chi connectivity index (χ4v) is 3.22. The highest BCUT2D eigenvalue weighted by Gasteiger charge is 2.37. The molecule has 7 heteroatoms. The summed E-state index contributed by atoms with van der Waals surface area (Å²) >= 11 is 1.09. The molecule has 0 aromatic carbocycles. The molecule has 2 aliphatic rings. The molecule has 0 radical (unpaired) electrons. The second-order valence-electron chi connectivity index (χ2n) is 4.91. The predicted octanol–water partition coefficient (Wildman–Crippen LogP) is 0.381. The van der Waals surface area contributed by atoms with Gasteiger partial charge in [-0.1, -0.05) is 18.7 Å². The van der Waals surface area contributed by atoms with Crippen molar-refractivity contribution < 1.29 is 19.5 Å². The first-order chi connectivity index (χ1) is 8.47. The number of carboxylic acid groups (broad SMARTS) is 1. The maximum Gasteiger partial charge on any atom is 0.308 e. The number of carbonyl (C=O) groups is 3. The van der Waals surface area contributed by atoms with Crippen LogP contribution in [0, 0.1) is 11.8 Å². The summed E-state index contributed by atoms with van der Waals surface area (Å²) in [6.45, 7) is 2.76. The Hall–Kier alpha value is -1.24. The van der Waals surface area contributed by atoms with Crippen LogP contribution in [-0.2, 0) is 9.59 Å². The van der Waals surface area contributed by atoms with Gasteiger partial charge in [0, 0.05) is 18.8 Å². The average Bonchev–Trinajstić information content (AvgIpc) is 2.74. The molecule has 18 heavy (non-hydrogen) atoms. The van der Waals surface area contributed by atoms with E-state index in [9.17, 15) is 14.4 Å². The molecule has 2 saturated heterocycles. The summed E-state index contributed by atoms with van der Waals surface area (Å²) in [5.41, 5.74) is 0. The van der Waals surface area contributed by atoms with E-state index >= 15 is 0 Å².